The van der Waals surface area contributed by atoms with E-state index in [1.165, 1.54) is 11.1 Å². The first-order valence-electron chi connectivity index (χ1n) is 7.12. The van der Waals surface area contributed by atoms with E-state index in [1.54, 1.807) is 7.11 Å². The summed E-state index contributed by atoms with van der Waals surface area (Å²) in [5.41, 5.74) is 10.1. The van der Waals surface area contributed by atoms with E-state index in [-0.39, 0.29) is 6.04 Å². The molecule has 20 heavy (non-hydrogen) atoms. The zero-order valence-electron chi connectivity index (χ0n) is 12.5. The maximum atomic E-state index is 6.55. The van der Waals surface area contributed by atoms with Crippen LogP contribution in [0.5, 0.6) is 5.75 Å². The van der Waals surface area contributed by atoms with Gasteiger partial charge in [-0.3, -0.25) is 0 Å². The highest BCUT2D eigenvalue weighted by molar-refractivity contribution is 5.41. The van der Waals surface area contributed by atoms with Crippen LogP contribution in [0.1, 0.15) is 42.0 Å². The van der Waals surface area contributed by atoms with E-state index in [0.717, 1.165) is 17.7 Å². The Morgan fingerprint density at radius 1 is 1.10 bits per heavy atom. The molecule has 0 amide bonds. The van der Waals surface area contributed by atoms with E-state index in [0.29, 0.717) is 5.92 Å². The van der Waals surface area contributed by atoms with Gasteiger partial charge in [-0.2, -0.15) is 0 Å². The summed E-state index contributed by atoms with van der Waals surface area (Å²) < 4.78 is 5.47. The second-order valence-electron chi connectivity index (χ2n) is 5.20. The van der Waals surface area contributed by atoms with Gasteiger partial charge in [0, 0.05) is 17.5 Å². The highest BCUT2D eigenvalue weighted by Gasteiger charge is 2.22. The van der Waals surface area contributed by atoms with Gasteiger partial charge in [-0.25, -0.2) is 0 Å². The van der Waals surface area contributed by atoms with Gasteiger partial charge < -0.3 is 10.5 Å². The van der Waals surface area contributed by atoms with Crippen molar-refractivity contribution in [3.8, 4) is 5.75 Å². The molecular formula is C18H23NO. The van der Waals surface area contributed by atoms with Gasteiger partial charge in [0.1, 0.15) is 5.75 Å². The van der Waals surface area contributed by atoms with Crippen molar-refractivity contribution in [1.82, 2.24) is 0 Å². The zero-order chi connectivity index (χ0) is 14.5. The van der Waals surface area contributed by atoms with Crippen LogP contribution < -0.4 is 10.5 Å². The molecule has 0 heterocycles. The van der Waals surface area contributed by atoms with Gasteiger partial charge in [0.05, 0.1) is 7.11 Å². The second-order valence-corrected chi connectivity index (χ2v) is 5.20. The van der Waals surface area contributed by atoms with E-state index < -0.39 is 0 Å². The largest absolute Gasteiger partial charge is 0.496 e. The molecule has 0 aliphatic heterocycles. The molecule has 0 spiro atoms. The molecule has 2 heteroatoms. The molecule has 0 saturated carbocycles. The Hall–Kier alpha value is -1.80. The number of nitrogens with two attached hydrogens (primary N) is 1. The van der Waals surface area contributed by atoms with Gasteiger partial charge in [-0.05, 0) is 25.0 Å². The highest BCUT2D eigenvalue weighted by Crippen LogP contribution is 2.36. The first kappa shape index (κ1) is 14.6. The van der Waals surface area contributed by atoms with Crippen LogP contribution in [-0.4, -0.2) is 7.11 Å². The van der Waals surface area contributed by atoms with Crippen LogP contribution in [0.25, 0.3) is 0 Å². The van der Waals surface area contributed by atoms with Gasteiger partial charge in [0.2, 0.25) is 0 Å². The molecule has 0 fully saturated rings. The molecule has 106 valence electrons. The van der Waals surface area contributed by atoms with Gasteiger partial charge in [-0.15, -0.1) is 0 Å². The first-order valence-corrected chi connectivity index (χ1v) is 7.12. The molecule has 2 N–H and O–H groups in total. The lowest BCUT2D eigenvalue weighted by Gasteiger charge is -2.25. The Kier molecular flexibility index (Phi) is 4.80. The van der Waals surface area contributed by atoms with Crippen molar-refractivity contribution in [2.75, 3.05) is 7.11 Å². The first-order chi connectivity index (χ1) is 9.67. The summed E-state index contributed by atoms with van der Waals surface area (Å²) in [5, 5.41) is 0. The molecule has 2 unspecified atom stereocenters. The molecule has 2 atom stereocenters. The number of hydrogen-bond donors (Lipinski definition) is 1. The molecule has 0 aromatic heterocycles. The molecule has 0 aliphatic carbocycles. The molecular weight excluding hydrogens is 246 g/mol. The summed E-state index contributed by atoms with van der Waals surface area (Å²) in [5.74, 6) is 1.17. The third-order valence-corrected chi connectivity index (χ3v) is 3.85. The summed E-state index contributed by atoms with van der Waals surface area (Å²) in [6.45, 7) is 4.26. The Bertz CT molecular complexity index is 551. The van der Waals surface area contributed by atoms with Crippen molar-refractivity contribution in [3.63, 3.8) is 0 Å². The SMILES string of the molecule is CCC(c1ccccc1)C(N)c1cc(C)ccc1OC. The minimum absolute atomic E-state index is 0.0581. The third kappa shape index (κ3) is 3.02. The molecule has 0 bridgehead atoms. The van der Waals surface area contributed by atoms with Gasteiger partial charge in [0.25, 0.3) is 0 Å². The summed E-state index contributed by atoms with van der Waals surface area (Å²) in [6.07, 6.45) is 1.00. The van der Waals surface area contributed by atoms with Crippen LogP contribution >= 0.6 is 0 Å². The lowest BCUT2D eigenvalue weighted by Crippen LogP contribution is -2.20. The van der Waals surface area contributed by atoms with E-state index in [1.807, 2.05) is 12.1 Å². The van der Waals surface area contributed by atoms with Crippen LogP contribution in [0.3, 0.4) is 0 Å². The Morgan fingerprint density at radius 3 is 2.40 bits per heavy atom. The second kappa shape index (κ2) is 6.58. The standard InChI is InChI=1S/C18H23NO/c1-4-15(14-8-6-5-7-9-14)18(19)16-12-13(2)10-11-17(16)20-3/h5-12,15,18H,4,19H2,1-3H3. The number of hydrogen-bond acceptors (Lipinski definition) is 2. The molecule has 2 aromatic carbocycles. The van der Waals surface area contributed by atoms with Crippen molar-refractivity contribution >= 4 is 0 Å². The van der Waals surface area contributed by atoms with Crippen LogP contribution in [0.15, 0.2) is 48.5 Å². The minimum atomic E-state index is -0.0581. The fraction of sp³-hybridized carbons (Fsp3) is 0.333. The van der Waals surface area contributed by atoms with Crippen molar-refractivity contribution in [2.45, 2.75) is 32.2 Å². The lowest BCUT2D eigenvalue weighted by atomic mass is 9.85. The summed E-state index contributed by atoms with van der Waals surface area (Å²) in [4.78, 5) is 0. The van der Waals surface area contributed by atoms with Crippen LogP contribution in [-0.2, 0) is 0 Å². The van der Waals surface area contributed by atoms with E-state index in [2.05, 4.69) is 50.2 Å². The van der Waals surface area contributed by atoms with Gasteiger partial charge in [-0.1, -0.05) is 55.0 Å². The van der Waals surface area contributed by atoms with E-state index >= 15 is 0 Å². The maximum absolute atomic E-state index is 6.55. The fourth-order valence-electron chi connectivity index (χ4n) is 2.73. The third-order valence-electron chi connectivity index (χ3n) is 3.85. The predicted octanol–water partition coefficient (Wildman–Crippen LogP) is 4.20. The Labute approximate surface area is 121 Å². The van der Waals surface area contributed by atoms with Crippen LogP contribution in [0, 0.1) is 6.92 Å². The molecule has 2 rings (SSSR count). The maximum Gasteiger partial charge on any atom is 0.123 e. The van der Waals surface area contributed by atoms with Crippen LogP contribution in [0.4, 0.5) is 0 Å². The number of aryl methyl sites for hydroxylation is 1. The molecule has 0 radical (unpaired) electrons. The van der Waals surface area contributed by atoms with E-state index in [9.17, 15) is 0 Å². The summed E-state index contributed by atoms with van der Waals surface area (Å²) in [6, 6.07) is 16.6. The predicted molar refractivity (Wildman–Crippen MR) is 84.1 cm³/mol. The van der Waals surface area contributed by atoms with Crippen molar-refractivity contribution in [2.24, 2.45) is 5.73 Å². The normalized spacial score (nSPS) is 13.8. The molecule has 2 aromatic rings. The van der Waals surface area contributed by atoms with Crippen molar-refractivity contribution in [1.29, 1.82) is 0 Å². The molecule has 2 nitrogen and oxygen atoms in total. The Balaban J connectivity index is 2.38. The molecule has 0 saturated heterocycles. The van der Waals surface area contributed by atoms with Crippen LogP contribution in [0.2, 0.25) is 0 Å². The van der Waals surface area contributed by atoms with Crippen molar-refractivity contribution < 1.29 is 4.74 Å². The lowest BCUT2D eigenvalue weighted by molar-refractivity contribution is 0.399. The fourth-order valence-corrected chi connectivity index (χ4v) is 2.73. The monoisotopic (exact) mass is 269 g/mol. The number of benzene rings is 2. The average molecular weight is 269 g/mol. The topological polar surface area (TPSA) is 35.2 Å². The van der Waals surface area contributed by atoms with Crippen molar-refractivity contribution in [3.05, 3.63) is 65.2 Å². The van der Waals surface area contributed by atoms with E-state index in [4.69, 9.17) is 10.5 Å². The summed E-state index contributed by atoms with van der Waals surface area (Å²) in [7, 11) is 1.70. The number of methoxy groups -OCH3 is 1. The minimum Gasteiger partial charge on any atom is -0.496 e. The smallest absolute Gasteiger partial charge is 0.123 e. The summed E-state index contributed by atoms with van der Waals surface area (Å²) >= 11 is 0. The van der Waals surface area contributed by atoms with Gasteiger partial charge in [0.15, 0.2) is 0 Å². The molecule has 0 aliphatic rings. The van der Waals surface area contributed by atoms with Gasteiger partial charge >= 0.3 is 0 Å². The number of ether oxygens (including phenoxy) is 1. The zero-order valence-corrected chi connectivity index (χ0v) is 12.5. The average Bonchev–Trinajstić information content (AvgIpc) is 2.49. The Morgan fingerprint density at radius 2 is 1.80 bits per heavy atom. The quantitative estimate of drug-likeness (QED) is 0.883. The number of rotatable bonds is 5. The highest BCUT2D eigenvalue weighted by atomic mass is 16.5.